The maximum absolute atomic E-state index is 12.9. The van der Waals surface area contributed by atoms with Gasteiger partial charge in [-0.25, -0.2) is 13.1 Å². The van der Waals surface area contributed by atoms with Gasteiger partial charge < -0.3 is 24.2 Å². The number of benzene rings is 1. The molecule has 2 heterocycles. The molecular formula is C20H28N4O7S. The molecule has 1 aromatic carbocycles. The number of methoxy groups -OCH3 is 1. The van der Waals surface area contributed by atoms with Crippen LogP contribution in [-0.4, -0.2) is 114 Å². The third kappa shape index (κ3) is 5.82. The number of carbonyl (C=O) groups excluding carboxylic acids is 3. The normalized spacial score (nSPS) is 17.3. The summed E-state index contributed by atoms with van der Waals surface area (Å²) in [6, 6.07) is 5.81. The highest BCUT2D eigenvalue weighted by Crippen LogP contribution is 2.15. The monoisotopic (exact) mass is 468 g/mol. The van der Waals surface area contributed by atoms with Gasteiger partial charge in [-0.2, -0.15) is 0 Å². The topological polar surface area (TPSA) is 126 Å². The van der Waals surface area contributed by atoms with Crippen LogP contribution in [0.5, 0.6) is 0 Å². The van der Waals surface area contributed by atoms with Crippen molar-refractivity contribution in [2.75, 3.05) is 72.7 Å². The van der Waals surface area contributed by atoms with E-state index >= 15 is 0 Å². The second kappa shape index (κ2) is 10.9. The first kappa shape index (κ1) is 24.1. The van der Waals surface area contributed by atoms with Gasteiger partial charge in [0.25, 0.3) is 5.91 Å². The molecule has 2 aliphatic heterocycles. The highest BCUT2D eigenvalue weighted by atomic mass is 32.2. The van der Waals surface area contributed by atoms with Crippen molar-refractivity contribution in [1.82, 2.24) is 19.4 Å². The minimum absolute atomic E-state index is 0.00984. The van der Waals surface area contributed by atoms with Crippen molar-refractivity contribution >= 4 is 27.7 Å². The van der Waals surface area contributed by atoms with Crippen molar-refractivity contribution in [1.29, 1.82) is 0 Å². The molecular weight excluding hydrogens is 440 g/mol. The Morgan fingerprint density at radius 3 is 2.19 bits per heavy atom. The Morgan fingerprint density at radius 1 is 0.969 bits per heavy atom. The van der Waals surface area contributed by atoms with Crippen molar-refractivity contribution < 1.29 is 32.3 Å². The molecule has 1 N–H and O–H groups in total. The average Bonchev–Trinajstić information content (AvgIpc) is 2.83. The lowest BCUT2D eigenvalue weighted by Crippen LogP contribution is -2.55. The van der Waals surface area contributed by atoms with E-state index in [0.29, 0.717) is 26.3 Å². The number of ether oxygens (including phenoxy) is 2. The fraction of sp³-hybridized carbons (Fsp3) is 0.550. The number of carbonyl (C=O) groups is 3. The number of sulfonamides is 1. The summed E-state index contributed by atoms with van der Waals surface area (Å²) in [6.07, 6.45) is 0. The Hall–Kier alpha value is -2.54. The van der Waals surface area contributed by atoms with Crippen LogP contribution in [0.3, 0.4) is 0 Å². The van der Waals surface area contributed by atoms with Gasteiger partial charge in [0.1, 0.15) is 0 Å². The summed E-state index contributed by atoms with van der Waals surface area (Å²) in [5, 5.41) is 0. The molecule has 2 saturated heterocycles. The summed E-state index contributed by atoms with van der Waals surface area (Å²) in [4.78, 5) is 42.3. The fourth-order valence-corrected chi connectivity index (χ4v) is 4.55. The maximum Gasteiger partial charge on any atom is 0.312 e. The number of nitrogens with one attached hydrogen (secondary N) is 1. The first-order valence-corrected chi connectivity index (χ1v) is 11.9. The molecule has 0 unspecified atom stereocenters. The van der Waals surface area contributed by atoms with E-state index < -0.39 is 21.8 Å². The van der Waals surface area contributed by atoms with Gasteiger partial charge in [0.05, 0.1) is 24.7 Å². The van der Waals surface area contributed by atoms with E-state index in [1.807, 2.05) is 0 Å². The smallest absolute Gasteiger partial charge is 0.312 e. The Labute approximate surface area is 187 Å². The molecule has 2 aliphatic rings. The number of morpholine rings is 1. The van der Waals surface area contributed by atoms with Gasteiger partial charge in [-0.15, -0.1) is 0 Å². The molecule has 0 saturated carbocycles. The van der Waals surface area contributed by atoms with Crippen molar-refractivity contribution in [3.8, 4) is 0 Å². The molecule has 3 rings (SSSR count). The Morgan fingerprint density at radius 2 is 1.56 bits per heavy atom. The third-order valence-electron chi connectivity index (χ3n) is 5.32. The zero-order chi connectivity index (χ0) is 23.1. The van der Waals surface area contributed by atoms with Gasteiger partial charge in [0, 0.05) is 58.5 Å². The number of nitrogens with zero attached hydrogens (tertiary/aromatic N) is 3. The molecule has 1 aromatic rings. The molecule has 176 valence electrons. The Balaban J connectivity index is 1.58. The van der Waals surface area contributed by atoms with Crippen LogP contribution < -0.4 is 4.72 Å². The molecule has 0 bridgehead atoms. The standard InChI is InChI=1S/C20H28N4O7S/c1-30-12-5-21-32(28,29)17-4-2-3-16(15-17)18(25)22-6-8-23(9-7-22)19(26)20(27)24-10-13-31-14-11-24/h2-4,15,21H,5-14H2,1H3. The predicted molar refractivity (Wildman–Crippen MR) is 113 cm³/mol. The van der Waals surface area contributed by atoms with Gasteiger partial charge in [0.2, 0.25) is 10.0 Å². The van der Waals surface area contributed by atoms with Crippen LogP contribution in [0.1, 0.15) is 10.4 Å². The molecule has 0 aliphatic carbocycles. The first-order valence-electron chi connectivity index (χ1n) is 10.4. The molecule has 32 heavy (non-hydrogen) atoms. The SMILES string of the molecule is COCCNS(=O)(=O)c1cccc(C(=O)N2CCN(C(=O)C(=O)N3CCOCC3)CC2)c1. The summed E-state index contributed by atoms with van der Waals surface area (Å²) in [5.74, 6) is -1.45. The second-order valence-electron chi connectivity index (χ2n) is 7.41. The van der Waals surface area contributed by atoms with E-state index in [1.165, 1.54) is 35.1 Å². The van der Waals surface area contributed by atoms with Gasteiger partial charge in [-0.3, -0.25) is 14.4 Å². The summed E-state index contributed by atoms with van der Waals surface area (Å²) >= 11 is 0. The van der Waals surface area contributed by atoms with Crippen molar-refractivity contribution in [2.24, 2.45) is 0 Å². The second-order valence-corrected chi connectivity index (χ2v) is 9.17. The molecule has 2 fully saturated rings. The molecule has 0 spiro atoms. The number of rotatable bonds is 6. The van der Waals surface area contributed by atoms with Crippen LogP contribution in [-0.2, 0) is 29.1 Å². The number of piperazine rings is 1. The quantitative estimate of drug-likeness (QED) is 0.409. The third-order valence-corrected chi connectivity index (χ3v) is 6.78. The molecule has 0 radical (unpaired) electrons. The van der Waals surface area contributed by atoms with Crippen LogP contribution in [0, 0.1) is 0 Å². The fourth-order valence-electron chi connectivity index (χ4n) is 3.49. The zero-order valence-electron chi connectivity index (χ0n) is 18.0. The minimum Gasteiger partial charge on any atom is -0.383 e. The van der Waals surface area contributed by atoms with Gasteiger partial charge in [-0.1, -0.05) is 6.07 Å². The first-order chi connectivity index (χ1) is 15.3. The minimum atomic E-state index is -3.76. The van der Waals surface area contributed by atoms with E-state index in [-0.39, 0.29) is 55.7 Å². The molecule has 0 aromatic heterocycles. The molecule has 0 atom stereocenters. The van der Waals surface area contributed by atoms with E-state index in [0.717, 1.165) is 0 Å². The largest absolute Gasteiger partial charge is 0.383 e. The van der Waals surface area contributed by atoms with E-state index in [1.54, 1.807) is 11.0 Å². The lowest BCUT2D eigenvalue weighted by atomic mass is 10.2. The Kier molecular flexibility index (Phi) is 8.18. The van der Waals surface area contributed by atoms with E-state index in [9.17, 15) is 22.8 Å². The summed E-state index contributed by atoms with van der Waals surface area (Å²) in [5.41, 5.74) is 0.240. The summed E-state index contributed by atoms with van der Waals surface area (Å²) < 4.78 is 37.2. The molecule has 3 amide bonds. The Bertz CT molecular complexity index is 939. The van der Waals surface area contributed by atoms with Gasteiger partial charge in [0.15, 0.2) is 0 Å². The average molecular weight is 469 g/mol. The highest BCUT2D eigenvalue weighted by molar-refractivity contribution is 7.89. The van der Waals surface area contributed by atoms with Crippen molar-refractivity contribution in [3.05, 3.63) is 29.8 Å². The van der Waals surface area contributed by atoms with Crippen LogP contribution in [0.2, 0.25) is 0 Å². The highest BCUT2D eigenvalue weighted by Gasteiger charge is 2.31. The number of hydrogen-bond acceptors (Lipinski definition) is 7. The maximum atomic E-state index is 12.9. The number of amides is 3. The van der Waals surface area contributed by atoms with E-state index in [4.69, 9.17) is 9.47 Å². The number of hydrogen-bond donors (Lipinski definition) is 1. The van der Waals surface area contributed by atoms with E-state index in [2.05, 4.69) is 4.72 Å². The zero-order valence-corrected chi connectivity index (χ0v) is 18.8. The predicted octanol–water partition coefficient (Wildman–Crippen LogP) is -1.25. The van der Waals surface area contributed by atoms with Crippen molar-refractivity contribution in [2.45, 2.75) is 4.90 Å². The molecule has 12 heteroatoms. The van der Waals surface area contributed by atoms with Crippen molar-refractivity contribution in [3.63, 3.8) is 0 Å². The van der Waals surface area contributed by atoms with Crippen LogP contribution in [0.25, 0.3) is 0 Å². The molecule has 11 nitrogen and oxygen atoms in total. The summed E-state index contributed by atoms with van der Waals surface area (Å²) in [6.45, 7) is 2.94. The van der Waals surface area contributed by atoms with Gasteiger partial charge >= 0.3 is 11.8 Å². The lowest BCUT2D eigenvalue weighted by molar-refractivity contribution is -0.154. The van der Waals surface area contributed by atoms with Crippen LogP contribution in [0.15, 0.2) is 29.2 Å². The summed E-state index contributed by atoms with van der Waals surface area (Å²) in [7, 11) is -2.29. The van der Waals surface area contributed by atoms with Crippen LogP contribution in [0.4, 0.5) is 0 Å². The van der Waals surface area contributed by atoms with Crippen LogP contribution >= 0.6 is 0 Å². The lowest BCUT2D eigenvalue weighted by Gasteiger charge is -2.36. The van der Waals surface area contributed by atoms with Gasteiger partial charge in [-0.05, 0) is 18.2 Å².